The van der Waals surface area contributed by atoms with Gasteiger partial charge in [0.05, 0.1) is 19.1 Å². The number of hydrogen-bond acceptors (Lipinski definition) is 7. The number of esters is 2. The van der Waals surface area contributed by atoms with E-state index in [0.717, 1.165) is 5.56 Å². The Morgan fingerprint density at radius 3 is 2.15 bits per heavy atom. The second-order valence-electron chi connectivity index (χ2n) is 8.11. The van der Waals surface area contributed by atoms with Gasteiger partial charge >= 0.3 is 18.0 Å². The van der Waals surface area contributed by atoms with Crippen LogP contribution in [0.4, 0.5) is 10.5 Å². The molecule has 0 fully saturated rings. The average Bonchev–Trinajstić information content (AvgIpc) is 2.77. The van der Waals surface area contributed by atoms with E-state index in [1.54, 1.807) is 45.0 Å². The summed E-state index contributed by atoms with van der Waals surface area (Å²) in [5.74, 6) is -1.83. The summed E-state index contributed by atoms with van der Waals surface area (Å²) in [5, 5.41) is 4.98. The van der Waals surface area contributed by atoms with Gasteiger partial charge in [0.2, 0.25) is 5.91 Å². The molecule has 0 aliphatic heterocycles. The predicted molar refractivity (Wildman–Crippen MR) is 120 cm³/mol. The van der Waals surface area contributed by atoms with Gasteiger partial charge in [0.1, 0.15) is 18.2 Å². The number of ether oxygens (including phenoxy) is 3. The van der Waals surface area contributed by atoms with Crippen LogP contribution < -0.4 is 10.6 Å². The summed E-state index contributed by atoms with van der Waals surface area (Å²) < 4.78 is 15.0. The summed E-state index contributed by atoms with van der Waals surface area (Å²) >= 11 is 0. The van der Waals surface area contributed by atoms with E-state index in [4.69, 9.17) is 9.47 Å². The van der Waals surface area contributed by atoms with E-state index in [9.17, 15) is 19.2 Å². The molecule has 2 amide bonds. The van der Waals surface area contributed by atoms with E-state index in [0.29, 0.717) is 11.3 Å². The largest absolute Gasteiger partial charge is 0.469 e. The summed E-state index contributed by atoms with van der Waals surface area (Å²) in [6, 6.07) is 13.8. The van der Waals surface area contributed by atoms with E-state index in [2.05, 4.69) is 15.4 Å². The maximum Gasteiger partial charge on any atom is 0.408 e. The lowest BCUT2D eigenvalue weighted by molar-refractivity contribution is -0.142. The Morgan fingerprint density at radius 1 is 0.939 bits per heavy atom. The molecule has 9 heteroatoms. The molecule has 0 spiro atoms. The quantitative estimate of drug-likeness (QED) is 0.461. The number of carbonyl (C=O) groups is 4. The van der Waals surface area contributed by atoms with Gasteiger partial charge in [-0.3, -0.25) is 9.59 Å². The lowest BCUT2D eigenvalue weighted by Crippen LogP contribution is -2.45. The third kappa shape index (κ3) is 9.02. The highest BCUT2D eigenvalue weighted by molar-refractivity contribution is 5.99. The van der Waals surface area contributed by atoms with E-state index >= 15 is 0 Å². The van der Waals surface area contributed by atoms with Crippen molar-refractivity contribution >= 4 is 29.6 Å². The van der Waals surface area contributed by atoms with Crippen molar-refractivity contribution in [3.05, 3.63) is 65.7 Å². The number of carbonyl (C=O) groups excluding carboxylic acids is 4. The van der Waals surface area contributed by atoms with Crippen LogP contribution in [0.3, 0.4) is 0 Å². The molecule has 2 rings (SSSR count). The van der Waals surface area contributed by atoms with Crippen LogP contribution in [0, 0.1) is 0 Å². The van der Waals surface area contributed by atoms with E-state index in [1.165, 1.54) is 31.4 Å². The summed E-state index contributed by atoms with van der Waals surface area (Å²) in [6.45, 7) is 5.29. The zero-order valence-electron chi connectivity index (χ0n) is 19.0. The van der Waals surface area contributed by atoms with Crippen LogP contribution in [0.15, 0.2) is 54.6 Å². The third-order valence-corrected chi connectivity index (χ3v) is 4.21. The molecule has 0 aliphatic rings. The standard InChI is InChI=1S/C24H28N2O7/c1-24(2,3)33-22(29)17-10-12-18(13-11-17)25-21(28)19(14-20(27)31-4)26-23(30)32-15-16-8-6-5-7-9-16/h5-13,19H,14-15H2,1-4H3,(H,25,28)(H,26,30). The van der Waals surface area contributed by atoms with Gasteiger partial charge < -0.3 is 24.8 Å². The van der Waals surface area contributed by atoms with Gasteiger partial charge in [-0.05, 0) is 50.6 Å². The molecule has 0 heterocycles. The van der Waals surface area contributed by atoms with Crippen LogP contribution in [0.5, 0.6) is 0 Å². The Bertz CT molecular complexity index is 967. The number of hydrogen-bond donors (Lipinski definition) is 2. The second-order valence-corrected chi connectivity index (χ2v) is 8.11. The first kappa shape index (κ1) is 25.4. The fraction of sp³-hybridized carbons (Fsp3) is 0.333. The molecule has 1 atom stereocenters. The van der Waals surface area contributed by atoms with Gasteiger partial charge in [-0.1, -0.05) is 30.3 Å². The molecular weight excluding hydrogens is 428 g/mol. The van der Waals surface area contributed by atoms with Crippen molar-refractivity contribution in [1.82, 2.24) is 5.32 Å². The van der Waals surface area contributed by atoms with Gasteiger partial charge in [-0.25, -0.2) is 9.59 Å². The molecule has 0 saturated heterocycles. The van der Waals surface area contributed by atoms with Crippen LogP contribution in [-0.4, -0.2) is 42.7 Å². The minimum atomic E-state index is -1.23. The Labute approximate surface area is 192 Å². The SMILES string of the molecule is COC(=O)CC(NC(=O)OCc1ccccc1)C(=O)Nc1ccc(C(=O)OC(C)(C)C)cc1. The van der Waals surface area contributed by atoms with Crippen molar-refractivity contribution < 1.29 is 33.4 Å². The van der Waals surface area contributed by atoms with Crippen molar-refractivity contribution in [2.75, 3.05) is 12.4 Å². The number of nitrogens with one attached hydrogen (secondary N) is 2. The Morgan fingerprint density at radius 2 is 1.58 bits per heavy atom. The maximum atomic E-state index is 12.7. The molecule has 0 saturated carbocycles. The molecule has 176 valence electrons. The zero-order valence-corrected chi connectivity index (χ0v) is 19.0. The van der Waals surface area contributed by atoms with Crippen LogP contribution in [0.1, 0.15) is 43.1 Å². The fourth-order valence-corrected chi connectivity index (χ4v) is 2.62. The minimum Gasteiger partial charge on any atom is -0.469 e. The normalized spacial score (nSPS) is 11.6. The molecule has 2 aromatic carbocycles. The maximum absolute atomic E-state index is 12.7. The monoisotopic (exact) mass is 456 g/mol. The summed E-state index contributed by atoms with van der Waals surface area (Å²) in [5.41, 5.74) is 0.816. The van der Waals surface area contributed by atoms with Gasteiger partial charge in [0.15, 0.2) is 0 Å². The van der Waals surface area contributed by atoms with E-state index in [1.807, 2.05) is 6.07 Å². The molecule has 0 bridgehead atoms. The zero-order chi connectivity index (χ0) is 24.4. The predicted octanol–water partition coefficient (Wildman–Crippen LogP) is 3.44. The van der Waals surface area contributed by atoms with Crippen LogP contribution in [0.2, 0.25) is 0 Å². The molecule has 0 radical (unpaired) electrons. The van der Waals surface area contributed by atoms with Crippen LogP contribution in [0.25, 0.3) is 0 Å². The molecule has 0 aliphatic carbocycles. The minimum absolute atomic E-state index is 0.00532. The molecule has 1 unspecified atom stereocenters. The molecule has 0 aromatic heterocycles. The first-order valence-electron chi connectivity index (χ1n) is 10.3. The average molecular weight is 456 g/mol. The van der Waals surface area contributed by atoms with Crippen molar-refractivity contribution in [2.24, 2.45) is 0 Å². The van der Waals surface area contributed by atoms with Crippen molar-refractivity contribution in [3.8, 4) is 0 Å². The molecule has 33 heavy (non-hydrogen) atoms. The van der Waals surface area contributed by atoms with Gasteiger partial charge in [-0.15, -0.1) is 0 Å². The molecule has 2 aromatic rings. The van der Waals surface area contributed by atoms with Crippen molar-refractivity contribution in [2.45, 2.75) is 45.4 Å². The number of alkyl carbamates (subject to hydrolysis) is 1. The lowest BCUT2D eigenvalue weighted by atomic mass is 10.1. The van der Waals surface area contributed by atoms with Crippen molar-refractivity contribution in [1.29, 1.82) is 0 Å². The van der Waals surface area contributed by atoms with Crippen LogP contribution >= 0.6 is 0 Å². The summed E-state index contributed by atoms with van der Waals surface area (Å²) in [6.07, 6.45) is -1.25. The molecular formula is C24H28N2O7. The number of benzene rings is 2. The Balaban J connectivity index is 2.00. The van der Waals surface area contributed by atoms with Crippen LogP contribution in [-0.2, 0) is 30.4 Å². The highest BCUT2D eigenvalue weighted by Gasteiger charge is 2.25. The Hall–Kier alpha value is -3.88. The topological polar surface area (TPSA) is 120 Å². The van der Waals surface area contributed by atoms with Gasteiger partial charge in [0, 0.05) is 5.69 Å². The number of anilines is 1. The number of methoxy groups -OCH3 is 1. The second kappa shape index (κ2) is 11.7. The summed E-state index contributed by atoms with van der Waals surface area (Å²) in [4.78, 5) is 48.7. The third-order valence-electron chi connectivity index (χ3n) is 4.21. The number of rotatable bonds is 8. The fourth-order valence-electron chi connectivity index (χ4n) is 2.62. The van der Waals surface area contributed by atoms with Gasteiger partial charge in [-0.2, -0.15) is 0 Å². The highest BCUT2D eigenvalue weighted by atomic mass is 16.6. The van der Waals surface area contributed by atoms with Gasteiger partial charge in [0.25, 0.3) is 0 Å². The smallest absolute Gasteiger partial charge is 0.408 e. The Kier molecular flexibility index (Phi) is 8.97. The molecule has 2 N–H and O–H groups in total. The number of amides is 2. The lowest BCUT2D eigenvalue weighted by Gasteiger charge is -2.20. The van der Waals surface area contributed by atoms with E-state index in [-0.39, 0.29) is 6.61 Å². The molecule has 9 nitrogen and oxygen atoms in total. The van der Waals surface area contributed by atoms with Crippen molar-refractivity contribution in [3.63, 3.8) is 0 Å². The highest BCUT2D eigenvalue weighted by Crippen LogP contribution is 2.15. The van der Waals surface area contributed by atoms with E-state index < -0.39 is 42.0 Å². The first-order chi connectivity index (χ1) is 15.6. The summed E-state index contributed by atoms with van der Waals surface area (Å²) in [7, 11) is 1.18. The first-order valence-corrected chi connectivity index (χ1v) is 10.3.